The van der Waals surface area contributed by atoms with Gasteiger partial charge in [0.15, 0.2) is 0 Å². The summed E-state index contributed by atoms with van der Waals surface area (Å²) in [5.74, 6) is 0. The van der Waals surface area contributed by atoms with Gasteiger partial charge in [-0.05, 0) is 34.0 Å². The van der Waals surface area contributed by atoms with Crippen LogP contribution < -0.4 is 0 Å². The monoisotopic (exact) mass is 182 g/mol. The van der Waals surface area contributed by atoms with Gasteiger partial charge < -0.3 is 0 Å². The molecule has 2 aromatic carbocycles. The lowest BCUT2D eigenvalue weighted by atomic mass is 10.0. The summed E-state index contributed by atoms with van der Waals surface area (Å²) in [6.07, 6.45) is 0. The predicted molar refractivity (Wildman–Crippen MR) is 57.1 cm³/mol. The van der Waals surface area contributed by atoms with Gasteiger partial charge in [0, 0.05) is 9.52 Å². The first-order chi connectivity index (χ1) is 6.45. The molecule has 1 heterocycles. The fourth-order valence-electron chi connectivity index (χ4n) is 2.13. The van der Waals surface area contributed by atoms with E-state index in [-0.39, 0.29) is 0 Å². The van der Waals surface area contributed by atoms with Gasteiger partial charge in [0.25, 0.3) is 0 Å². The molecule has 0 N–H and O–H groups in total. The van der Waals surface area contributed by atoms with E-state index in [0.717, 1.165) is 9.52 Å². The van der Waals surface area contributed by atoms with E-state index in [1.54, 1.807) is 11.1 Å². The minimum Gasteiger partial charge on any atom is -0.0614 e. The molecule has 62 valence electrons. The second kappa shape index (κ2) is 2.71. The van der Waals surface area contributed by atoms with E-state index < -0.39 is 0 Å². The van der Waals surface area contributed by atoms with E-state index in [9.17, 15) is 0 Å². The van der Waals surface area contributed by atoms with Crippen molar-refractivity contribution in [3.8, 4) is 0 Å². The van der Waals surface area contributed by atoms with Gasteiger partial charge in [-0.3, -0.25) is 0 Å². The Kier molecular flexibility index (Phi) is 1.53. The molecule has 1 aliphatic heterocycles. The Morgan fingerprint density at radius 1 is 0.846 bits per heavy atom. The molecule has 1 aliphatic rings. The molecular formula is C12H10Si. The largest absolute Gasteiger partial charge is 0.0614 e. The summed E-state index contributed by atoms with van der Waals surface area (Å²) in [7, 11) is 1.08. The second-order valence-corrected chi connectivity index (χ2v) is 4.74. The van der Waals surface area contributed by atoms with E-state index in [1.807, 2.05) is 0 Å². The van der Waals surface area contributed by atoms with Crippen LogP contribution in [0.4, 0.5) is 0 Å². The molecule has 0 bridgehead atoms. The molecule has 0 aromatic heterocycles. The fourth-order valence-corrected chi connectivity index (χ4v) is 3.38. The van der Waals surface area contributed by atoms with Crippen molar-refractivity contribution < 1.29 is 0 Å². The van der Waals surface area contributed by atoms with Gasteiger partial charge in [-0.15, -0.1) is 0 Å². The van der Waals surface area contributed by atoms with Crippen LogP contribution in [0.3, 0.4) is 0 Å². The van der Waals surface area contributed by atoms with E-state index in [4.69, 9.17) is 0 Å². The Balaban J connectivity index is 2.49. The molecule has 2 aromatic rings. The van der Waals surface area contributed by atoms with Gasteiger partial charge in [0.1, 0.15) is 0 Å². The van der Waals surface area contributed by atoms with Crippen LogP contribution >= 0.6 is 0 Å². The summed E-state index contributed by atoms with van der Waals surface area (Å²) in [5.41, 5.74) is 3.11. The van der Waals surface area contributed by atoms with Crippen molar-refractivity contribution >= 4 is 20.3 Å². The molecule has 13 heavy (non-hydrogen) atoms. The maximum atomic E-state index is 2.28. The lowest BCUT2D eigenvalue weighted by Gasteiger charge is -2.15. The normalized spacial score (nSPS) is 14.8. The lowest BCUT2D eigenvalue weighted by molar-refractivity contribution is 1.28. The van der Waals surface area contributed by atoms with Gasteiger partial charge in [0.2, 0.25) is 0 Å². The Bertz CT molecular complexity index is 421. The average molecular weight is 182 g/mol. The van der Waals surface area contributed by atoms with Crippen molar-refractivity contribution in [1.29, 1.82) is 0 Å². The molecule has 1 heteroatoms. The van der Waals surface area contributed by atoms with Crippen LogP contribution in [0.25, 0.3) is 10.8 Å². The van der Waals surface area contributed by atoms with E-state index in [2.05, 4.69) is 36.4 Å². The van der Waals surface area contributed by atoms with Crippen LogP contribution in [0, 0.1) is 0 Å². The summed E-state index contributed by atoms with van der Waals surface area (Å²) < 4.78 is 0. The number of hydrogen-bond acceptors (Lipinski definition) is 0. The molecule has 0 saturated carbocycles. The van der Waals surface area contributed by atoms with E-state index >= 15 is 0 Å². The van der Waals surface area contributed by atoms with Gasteiger partial charge in [-0.2, -0.15) is 0 Å². The summed E-state index contributed by atoms with van der Waals surface area (Å²) >= 11 is 0. The molecule has 0 amide bonds. The van der Waals surface area contributed by atoms with E-state index in [1.165, 1.54) is 22.9 Å². The Morgan fingerprint density at radius 3 is 2.08 bits per heavy atom. The number of rotatable bonds is 0. The maximum absolute atomic E-state index is 2.28. The van der Waals surface area contributed by atoms with Crippen LogP contribution in [0.2, 0.25) is 0 Å². The van der Waals surface area contributed by atoms with E-state index in [0.29, 0.717) is 0 Å². The molecule has 0 nitrogen and oxygen atoms in total. The van der Waals surface area contributed by atoms with Gasteiger partial charge in [-0.25, -0.2) is 0 Å². The average Bonchev–Trinajstić information content (AvgIpc) is 2.19. The third-order valence-electron chi connectivity index (χ3n) is 2.71. The quantitative estimate of drug-likeness (QED) is 0.549. The Morgan fingerprint density at radius 2 is 1.46 bits per heavy atom. The Hall–Kier alpha value is -1.08. The topological polar surface area (TPSA) is 0 Å². The number of hydrogen-bond donors (Lipinski definition) is 0. The van der Waals surface area contributed by atoms with Crippen molar-refractivity contribution in [2.45, 2.75) is 12.1 Å². The molecule has 0 unspecified atom stereocenters. The zero-order chi connectivity index (χ0) is 8.67. The minimum absolute atomic E-state index is 1.08. The molecule has 0 spiro atoms. The molecule has 3 rings (SSSR count). The van der Waals surface area contributed by atoms with Crippen LogP contribution in [-0.4, -0.2) is 9.52 Å². The maximum Gasteiger partial charge on any atom is 0.0478 e. The van der Waals surface area contributed by atoms with Crippen molar-refractivity contribution in [2.24, 2.45) is 0 Å². The lowest BCUT2D eigenvalue weighted by Crippen LogP contribution is -2.09. The molecule has 0 saturated heterocycles. The third kappa shape index (κ3) is 1.04. The predicted octanol–water partition coefficient (Wildman–Crippen LogP) is 2.56. The van der Waals surface area contributed by atoms with Crippen LogP contribution in [0.5, 0.6) is 0 Å². The molecule has 0 atom stereocenters. The summed E-state index contributed by atoms with van der Waals surface area (Å²) in [6, 6.07) is 15.9. The highest BCUT2D eigenvalue weighted by atomic mass is 28.2. The minimum atomic E-state index is 1.08. The highest BCUT2D eigenvalue weighted by Crippen LogP contribution is 2.26. The third-order valence-corrected chi connectivity index (χ3v) is 3.97. The molecule has 0 fully saturated rings. The zero-order valence-electron chi connectivity index (χ0n) is 7.38. The van der Waals surface area contributed by atoms with Crippen LogP contribution in [0.1, 0.15) is 11.1 Å². The van der Waals surface area contributed by atoms with Crippen LogP contribution in [0.15, 0.2) is 36.4 Å². The zero-order valence-corrected chi connectivity index (χ0v) is 8.38. The first-order valence-electron chi connectivity index (χ1n) is 4.65. The fraction of sp³-hybridized carbons (Fsp3) is 0.167. The summed E-state index contributed by atoms with van der Waals surface area (Å²) in [6.45, 7) is 0. The van der Waals surface area contributed by atoms with Crippen molar-refractivity contribution in [3.05, 3.63) is 47.5 Å². The standard InChI is InChI=1S/C12H10Si/c1-3-9-4-2-6-11-8-13-7-10(5-1)12(9)11/h1-6H,7-8H2. The summed E-state index contributed by atoms with van der Waals surface area (Å²) in [4.78, 5) is 0. The van der Waals surface area contributed by atoms with Crippen molar-refractivity contribution in [2.75, 3.05) is 0 Å². The van der Waals surface area contributed by atoms with Crippen molar-refractivity contribution in [3.63, 3.8) is 0 Å². The highest BCUT2D eigenvalue weighted by molar-refractivity contribution is 6.36. The van der Waals surface area contributed by atoms with Crippen LogP contribution in [-0.2, 0) is 12.1 Å². The SMILES string of the molecule is c1cc2c3c(cccc3c1)C[Si]C2. The molecule has 0 aliphatic carbocycles. The Labute approximate surface area is 80.4 Å². The first kappa shape index (κ1) is 7.33. The molecule has 2 radical (unpaired) electrons. The first-order valence-corrected chi connectivity index (χ1v) is 6.07. The molecular weight excluding hydrogens is 172 g/mol. The smallest absolute Gasteiger partial charge is 0.0478 e. The number of benzene rings is 2. The second-order valence-electron chi connectivity index (χ2n) is 3.54. The van der Waals surface area contributed by atoms with Gasteiger partial charge in [-0.1, -0.05) is 36.4 Å². The highest BCUT2D eigenvalue weighted by Gasteiger charge is 2.10. The summed E-state index contributed by atoms with van der Waals surface area (Å²) in [5, 5.41) is 2.95. The van der Waals surface area contributed by atoms with Crippen molar-refractivity contribution in [1.82, 2.24) is 0 Å². The van der Waals surface area contributed by atoms with Gasteiger partial charge in [0.05, 0.1) is 0 Å². The van der Waals surface area contributed by atoms with Gasteiger partial charge >= 0.3 is 0 Å².